The number of piperazine rings is 1. The minimum absolute atomic E-state index is 0.0303. The van der Waals surface area contributed by atoms with Crippen LogP contribution in [0.2, 0.25) is 5.02 Å². The highest BCUT2D eigenvalue weighted by atomic mass is 35.5. The molecule has 2 aromatic carbocycles. The van der Waals surface area contributed by atoms with Gasteiger partial charge in [0.25, 0.3) is 5.91 Å². The largest absolute Gasteiger partial charge is 0.416 e. The Morgan fingerprint density at radius 2 is 2.08 bits per heavy atom. The number of hydrogen-bond donors (Lipinski definition) is 1. The number of rotatable bonds is 4. The van der Waals surface area contributed by atoms with Gasteiger partial charge >= 0.3 is 6.18 Å². The van der Waals surface area contributed by atoms with E-state index in [4.69, 9.17) is 11.6 Å². The number of nitrogens with one attached hydrogen (secondary N) is 1. The third-order valence-electron chi connectivity index (χ3n) is 6.34. The first-order valence-corrected chi connectivity index (χ1v) is 12.7. The molecule has 2 aliphatic rings. The van der Waals surface area contributed by atoms with Crippen molar-refractivity contribution in [1.82, 2.24) is 20.0 Å². The number of carbonyl (C=O) groups is 1. The van der Waals surface area contributed by atoms with Crippen molar-refractivity contribution in [2.75, 3.05) is 19.6 Å². The minimum Gasteiger partial charge on any atom is -0.345 e. The van der Waals surface area contributed by atoms with Crippen molar-refractivity contribution in [3.8, 4) is 0 Å². The van der Waals surface area contributed by atoms with Gasteiger partial charge in [0, 0.05) is 36.1 Å². The lowest BCUT2D eigenvalue weighted by atomic mass is 10.1. The number of nitrogens with zero attached hydrogens (tertiary/aromatic N) is 4. The molecule has 0 radical (unpaired) electrons. The third-order valence-corrected chi connectivity index (χ3v) is 7.59. The summed E-state index contributed by atoms with van der Waals surface area (Å²) < 4.78 is 42.0. The quantitative estimate of drug-likeness (QED) is 0.454. The average molecular weight is 534 g/mol. The first-order chi connectivity index (χ1) is 17.2. The summed E-state index contributed by atoms with van der Waals surface area (Å²) in [6.45, 7) is 4.59. The lowest BCUT2D eigenvalue weighted by Crippen LogP contribution is -2.52. The normalized spacial score (nSPS) is 20.0. The Kier molecular flexibility index (Phi) is 6.84. The summed E-state index contributed by atoms with van der Waals surface area (Å²) in [5.74, 6) is -0.262. The van der Waals surface area contributed by atoms with Gasteiger partial charge in [0.05, 0.1) is 28.7 Å². The highest BCUT2D eigenvalue weighted by Gasteiger charge is 2.34. The predicted octanol–water partition coefficient (Wildman–Crippen LogP) is 5.41. The summed E-state index contributed by atoms with van der Waals surface area (Å²) in [6.07, 6.45) is -0.152. The van der Waals surface area contributed by atoms with Crippen molar-refractivity contribution < 1.29 is 18.0 Å². The van der Waals surface area contributed by atoms with E-state index in [2.05, 4.69) is 27.2 Å². The van der Waals surface area contributed by atoms with Crippen LogP contribution in [0.1, 0.15) is 30.0 Å². The molecule has 36 heavy (non-hydrogen) atoms. The maximum Gasteiger partial charge on any atom is 0.416 e. The Morgan fingerprint density at radius 3 is 2.86 bits per heavy atom. The molecule has 0 bridgehead atoms. The molecule has 2 aliphatic heterocycles. The molecule has 0 aliphatic carbocycles. The molecule has 1 N–H and O–H groups in total. The second-order valence-corrected chi connectivity index (χ2v) is 10.1. The van der Waals surface area contributed by atoms with Crippen molar-refractivity contribution in [2.45, 2.75) is 32.1 Å². The van der Waals surface area contributed by atoms with Crippen LogP contribution in [0.15, 0.2) is 52.5 Å². The molecular formula is C25H23ClF3N5OS. The lowest BCUT2D eigenvalue weighted by molar-refractivity contribution is -0.138. The molecule has 6 nitrogen and oxygen atoms in total. The van der Waals surface area contributed by atoms with E-state index in [1.165, 1.54) is 28.6 Å². The molecular weight excluding hydrogens is 511 g/mol. The first kappa shape index (κ1) is 24.9. The van der Waals surface area contributed by atoms with E-state index in [1.54, 1.807) is 18.3 Å². The summed E-state index contributed by atoms with van der Waals surface area (Å²) in [6, 6.07) is 9.54. The molecule has 1 atom stereocenters. The van der Waals surface area contributed by atoms with E-state index in [0.717, 1.165) is 48.2 Å². The van der Waals surface area contributed by atoms with Crippen LogP contribution < -0.4 is 5.32 Å². The average Bonchev–Trinajstić information content (AvgIpc) is 3.42. The number of aliphatic imine (C=N–C) groups is 1. The van der Waals surface area contributed by atoms with Gasteiger partial charge in [-0.1, -0.05) is 30.7 Å². The number of amides is 1. The molecule has 1 saturated heterocycles. The summed E-state index contributed by atoms with van der Waals surface area (Å²) in [7, 11) is 0. The highest BCUT2D eigenvalue weighted by Crippen LogP contribution is 2.35. The number of alkyl halides is 3. The van der Waals surface area contributed by atoms with Crippen LogP contribution >= 0.6 is 23.4 Å². The van der Waals surface area contributed by atoms with E-state index in [0.29, 0.717) is 16.5 Å². The molecule has 5 rings (SSSR count). The molecule has 1 fully saturated rings. The fourth-order valence-electron chi connectivity index (χ4n) is 4.48. The van der Waals surface area contributed by atoms with Crippen molar-refractivity contribution in [3.05, 3.63) is 69.2 Å². The highest BCUT2D eigenvalue weighted by molar-refractivity contribution is 8.18. The maximum absolute atomic E-state index is 13.5. The maximum atomic E-state index is 13.5. The Morgan fingerprint density at radius 1 is 1.25 bits per heavy atom. The Labute approximate surface area is 215 Å². The molecule has 0 saturated carbocycles. The van der Waals surface area contributed by atoms with E-state index in [1.807, 2.05) is 12.1 Å². The van der Waals surface area contributed by atoms with Gasteiger partial charge in [0.15, 0.2) is 5.17 Å². The van der Waals surface area contributed by atoms with Crippen molar-refractivity contribution in [2.24, 2.45) is 4.99 Å². The van der Waals surface area contributed by atoms with Crippen LogP contribution in [0.25, 0.3) is 17.0 Å². The summed E-state index contributed by atoms with van der Waals surface area (Å²) >= 11 is 7.18. The molecule has 0 spiro atoms. The zero-order chi connectivity index (χ0) is 25.4. The van der Waals surface area contributed by atoms with Crippen molar-refractivity contribution in [1.29, 1.82) is 0 Å². The van der Waals surface area contributed by atoms with Crippen LogP contribution in [-0.2, 0) is 17.5 Å². The minimum atomic E-state index is -4.52. The number of aromatic nitrogens is 2. The summed E-state index contributed by atoms with van der Waals surface area (Å²) in [5.41, 5.74) is 0.791. The van der Waals surface area contributed by atoms with Crippen LogP contribution in [0.3, 0.4) is 0 Å². The second-order valence-electron chi connectivity index (χ2n) is 8.69. The molecule has 1 aromatic heterocycles. The van der Waals surface area contributed by atoms with Gasteiger partial charge in [-0.25, -0.2) is 0 Å². The van der Waals surface area contributed by atoms with Crippen LogP contribution in [0.5, 0.6) is 0 Å². The van der Waals surface area contributed by atoms with Crippen LogP contribution in [0.4, 0.5) is 13.2 Å². The van der Waals surface area contributed by atoms with Gasteiger partial charge in [-0.2, -0.15) is 23.3 Å². The van der Waals surface area contributed by atoms with Gasteiger partial charge in [-0.15, -0.1) is 0 Å². The van der Waals surface area contributed by atoms with Crippen molar-refractivity contribution in [3.63, 3.8) is 0 Å². The van der Waals surface area contributed by atoms with Crippen molar-refractivity contribution >= 4 is 51.4 Å². The molecule has 188 valence electrons. The molecule has 0 unspecified atom stereocenters. The van der Waals surface area contributed by atoms with Crippen LogP contribution in [-0.4, -0.2) is 51.4 Å². The smallest absolute Gasteiger partial charge is 0.345 e. The monoisotopic (exact) mass is 533 g/mol. The van der Waals surface area contributed by atoms with E-state index >= 15 is 0 Å². The topological polar surface area (TPSA) is 62.5 Å². The Hall–Kier alpha value is -2.82. The van der Waals surface area contributed by atoms with Gasteiger partial charge in [-0.3, -0.25) is 9.48 Å². The van der Waals surface area contributed by atoms with Gasteiger partial charge < -0.3 is 10.2 Å². The standard InChI is InChI=1S/C25H23ClF3N5OS/c1-2-19-13-30-7-8-33(19)24-32-23(35)22(36-24)10-15-3-6-21-17(9-15)12-31-34(21)14-16-4-5-18(26)11-20(16)25(27,28)29/h3-6,9-12,19,30H,2,7-8,13-14H2,1H3/b22-10+/t19-/m0/s1. The zero-order valence-corrected chi connectivity index (χ0v) is 20.9. The summed E-state index contributed by atoms with van der Waals surface area (Å²) in [5, 5.41) is 9.20. The number of carbonyl (C=O) groups excluding carboxylic acids is 1. The predicted molar refractivity (Wildman–Crippen MR) is 137 cm³/mol. The molecule has 11 heteroatoms. The summed E-state index contributed by atoms with van der Waals surface area (Å²) in [4.78, 5) is 19.6. The van der Waals surface area contributed by atoms with Gasteiger partial charge in [0.2, 0.25) is 0 Å². The first-order valence-electron chi connectivity index (χ1n) is 11.5. The fraction of sp³-hybridized carbons (Fsp3) is 0.320. The van der Waals surface area contributed by atoms with Gasteiger partial charge in [0.1, 0.15) is 0 Å². The third kappa shape index (κ3) is 5.02. The molecule has 3 aromatic rings. The Bertz CT molecular complexity index is 1380. The second kappa shape index (κ2) is 9.91. The Balaban J connectivity index is 1.37. The van der Waals surface area contributed by atoms with E-state index < -0.39 is 11.7 Å². The van der Waals surface area contributed by atoms with Gasteiger partial charge in [-0.05, 0) is 59.7 Å². The number of benzene rings is 2. The number of hydrogen-bond acceptors (Lipinski definition) is 5. The van der Waals surface area contributed by atoms with Crippen LogP contribution in [0, 0.1) is 0 Å². The van der Waals surface area contributed by atoms with E-state index in [-0.39, 0.29) is 23.0 Å². The number of halogens is 4. The lowest BCUT2D eigenvalue weighted by Gasteiger charge is -2.36. The number of thioether (sulfide) groups is 1. The SMILES string of the molecule is CC[C@H]1CNCCN1C1=NC(=O)/C(=C\c2ccc3c(cnn3Cc3ccc(Cl)cc3C(F)(F)F)c2)S1. The van der Waals surface area contributed by atoms with E-state index in [9.17, 15) is 18.0 Å². The molecule has 1 amide bonds. The molecule has 3 heterocycles. The fourth-order valence-corrected chi connectivity index (χ4v) is 5.67. The number of fused-ring (bicyclic) bond motifs is 1. The zero-order valence-electron chi connectivity index (χ0n) is 19.3. The number of amidine groups is 1.